The Morgan fingerprint density at radius 1 is 1.32 bits per heavy atom. The summed E-state index contributed by atoms with van der Waals surface area (Å²) < 4.78 is 1.11. The van der Waals surface area contributed by atoms with Crippen LogP contribution < -0.4 is 10.9 Å². The predicted octanol–water partition coefficient (Wildman–Crippen LogP) is 1.88. The number of benzene rings is 1. The van der Waals surface area contributed by atoms with Gasteiger partial charge in [-0.15, -0.1) is 5.10 Å². The minimum Gasteiger partial charge on any atom is -0.352 e. The van der Waals surface area contributed by atoms with Crippen LogP contribution in [0.1, 0.15) is 39.5 Å². The lowest BCUT2D eigenvalue weighted by Gasteiger charge is -2.13. The number of amides is 1. The molecule has 0 aliphatic rings. The Morgan fingerprint density at radius 3 is 2.86 bits per heavy atom. The first kappa shape index (κ1) is 16.1. The normalized spacial score (nSPS) is 12.3. The van der Waals surface area contributed by atoms with Gasteiger partial charge in [-0.25, -0.2) is 4.68 Å². The molecule has 0 aliphatic heterocycles. The Balaban J connectivity index is 2.00. The topological polar surface area (TPSA) is 76.9 Å². The van der Waals surface area contributed by atoms with Crippen molar-refractivity contribution in [1.82, 2.24) is 20.3 Å². The van der Waals surface area contributed by atoms with E-state index in [4.69, 9.17) is 0 Å². The molecule has 0 bridgehead atoms. The lowest BCUT2D eigenvalue weighted by Crippen LogP contribution is -2.38. The van der Waals surface area contributed by atoms with Gasteiger partial charge >= 0.3 is 0 Å². The Labute approximate surface area is 129 Å². The highest BCUT2D eigenvalue weighted by Crippen LogP contribution is 2.04. The lowest BCUT2D eigenvalue weighted by molar-refractivity contribution is -0.122. The van der Waals surface area contributed by atoms with Gasteiger partial charge in [-0.3, -0.25) is 9.59 Å². The summed E-state index contributed by atoms with van der Waals surface area (Å²) in [7, 11) is 0. The summed E-state index contributed by atoms with van der Waals surface area (Å²) >= 11 is 0. The van der Waals surface area contributed by atoms with Gasteiger partial charge in [0.15, 0.2) is 0 Å². The zero-order chi connectivity index (χ0) is 15.9. The number of carbonyl (C=O) groups is 1. The molecule has 1 aromatic carbocycles. The van der Waals surface area contributed by atoms with Crippen LogP contribution in [0.2, 0.25) is 0 Å². The third kappa shape index (κ3) is 4.13. The molecule has 0 saturated carbocycles. The standard InChI is InChI=1S/C16H22N4O2/c1-3-4-5-8-12(2)17-15(21)11-20-16(22)13-9-6-7-10-14(13)18-19-20/h6-7,9-10,12H,3-5,8,11H2,1-2H3,(H,17,21)/t12-/m0/s1. The van der Waals surface area contributed by atoms with Crippen LogP contribution in [0.25, 0.3) is 10.9 Å². The monoisotopic (exact) mass is 302 g/mol. The molecule has 0 fully saturated rings. The van der Waals surface area contributed by atoms with Gasteiger partial charge in [0.2, 0.25) is 5.91 Å². The van der Waals surface area contributed by atoms with Crippen LogP contribution in [0.3, 0.4) is 0 Å². The molecule has 0 saturated heterocycles. The second kappa shape index (κ2) is 7.68. The van der Waals surface area contributed by atoms with E-state index < -0.39 is 0 Å². The third-order valence-electron chi connectivity index (χ3n) is 3.57. The molecular weight excluding hydrogens is 280 g/mol. The average Bonchev–Trinajstić information content (AvgIpc) is 2.50. The van der Waals surface area contributed by atoms with E-state index >= 15 is 0 Å². The first-order valence-electron chi connectivity index (χ1n) is 7.73. The van der Waals surface area contributed by atoms with Crippen molar-refractivity contribution in [2.45, 2.75) is 52.1 Å². The average molecular weight is 302 g/mol. The van der Waals surface area contributed by atoms with E-state index in [1.54, 1.807) is 24.3 Å². The summed E-state index contributed by atoms with van der Waals surface area (Å²) in [5, 5.41) is 11.2. The fraction of sp³-hybridized carbons (Fsp3) is 0.500. The van der Waals surface area contributed by atoms with Crippen molar-refractivity contribution in [3.05, 3.63) is 34.6 Å². The number of hydrogen-bond donors (Lipinski definition) is 1. The second-order valence-electron chi connectivity index (χ2n) is 5.53. The van der Waals surface area contributed by atoms with Crippen molar-refractivity contribution in [3.63, 3.8) is 0 Å². The van der Waals surface area contributed by atoms with Gasteiger partial charge in [0.1, 0.15) is 12.1 Å². The molecule has 1 aromatic heterocycles. The van der Waals surface area contributed by atoms with Gasteiger partial charge in [0.05, 0.1) is 5.39 Å². The molecule has 6 heteroatoms. The zero-order valence-corrected chi connectivity index (χ0v) is 13.1. The smallest absolute Gasteiger partial charge is 0.278 e. The van der Waals surface area contributed by atoms with E-state index in [0.29, 0.717) is 10.9 Å². The summed E-state index contributed by atoms with van der Waals surface area (Å²) in [6.07, 6.45) is 4.35. The molecule has 118 valence electrons. The third-order valence-corrected chi connectivity index (χ3v) is 3.57. The van der Waals surface area contributed by atoms with Crippen molar-refractivity contribution < 1.29 is 4.79 Å². The summed E-state index contributed by atoms with van der Waals surface area (Å²) in [5.41, 5.74) is 0.247. The maximum Gasteiger partial charge on any atom is 0.278 e. The summed E-state index contributed by atoms with van der Waals surface area (Å²) in [4.78, 5) is 24.2. The van der Waals surface area contributed by atoms with Crippen LogP contribution in [-0.2, 0) is 11.3 Å². The first-order chi connectivity index (χ1) is 10.6. The van der Waals surface area contributed by atoms with Crippen LogP contribution in [-0.4, -0.2) is 26.9 Å². The number of aromatic nitrogens is 3. The van der Waals surface area contributed by atoms with Crippen molar-refractivity contribution in [2.24, 2.45) is 0 Å². The lowest BCUT2D eigenvalue weighted by atomic mass is 10.1. The Hall–Kier alpha value is -2.24. The number of carbonyl (C=O) groups excluding carboxylic acids is 1. The highest BCUT2D eigenvalue weighted by atomic mass is 16.2. The summed E-state index contributed by atoms with van der Waals surface area (Å²) in [6, 6.07) is 7.08. The van der Waals surface area contributed by atoms with Crippen LogP contribution >= 0.6 is 0 Å². The van der Waals surface area contributed by atoms with Crippen LogP contribution in [0, 0.1) is 0 Å². The van der Waals surface area contributed by atoms with Crippen molar-refractivity contribution >= 4 is 16.8 Å². The van der Waals surface area contributed by atoms with Crippen molar-refractivity contribution in [2.75, 3.05) is 0 Å². The fourth-order valence-corrected chi connectivity index (χ4v) is 2.36. The van der Waals surface area contributed by atoms with Gasteiger partial charge in [0, 0.05) is 6.04 Å². The molecule has 22 heavy (non-hydrogen) atoms. The predicted molar refractivity (Wildman–Crippen MR) is 85.5 cm³/mol. The highest BCUT2D eigenvalue weighted by Gasteiger charge is 2.11. The number of unbranched alkanes of at least 4 members (excludes halogenated alkanes) is 2. The molecule has 0 aliphatic carbocycles. The molecule has 0 radical (unpaired) electrons. The molecule has 1 amide bonds. The summed E-state index contributed by atoms with van der Waals surface area (Å²) in [6.45, 7) is 4.02. The molecule has 1 atom stereocenters. The van der Waals surface area contributed by atoms with Gasteiger partial charge in [-0.1, -0.05) is 43.5 Å². The zero-order valence-electron chi connectivity index (χ0n) is 13.1. The molecule has 0 unspecified atom stereocenters. The number of nitrogens with zero attached hydrogens (tertiary/aromatic N) is 3. The van der Waals surface area contributed by atoms with Crippen molar-refractivity contribution in [1.29, 1.82) is 0 Å². The molecule has 2 rings (SSSR count). The largest absolute Gasteiger partial charge is 0.352 e. The van der Waals surface area contributed by atoms with E-state index in [1.807, 2.05) is 6.92 Å². The van der Waals surface area contributed by atoms with Gasteiger partial charge in [0.25, 0.3) is 5.56 Å². The number of rotatable bonds is 7. The van der Waals surface area contributed by atoms with E-state index in [9.17, 15) is 9.59 Å². The first-order valence-corrected chi connectivity index (χ1v) is 7.73. The number of nitrogens with one attached hydrogen (secondary N) is 1. The van der Waals surface area contributed by atoms with Crippen molar-refractivity contribution in [3.8, 4) is 0 Å². The van der Waals surface area contributed by atoms with Crippen LogP contribution in [0.4, 0.5) is 0 Å². The van der Waals surface area contributed by atoms with Gasteiger partial charge < -0.3 is 5.32 Å². The molecule has 0 spiro atoms. The van der Waals surface area contributed by atoms with E-state index in [0.717, 1.165) is 30.4 Å². The summed E-state index contributed by atoms with van der Waals surface area (Å²) in [5.74, 6) is -0.212. The van der Waals surface area contributed by atoms with E-state index in [2.05, 4.69) is 22.6 Å². The van der Waals surface area contributed by atoms with Gasteiger partial charge in [-0.2, -0.15) is 0 Å². The minimum atomic E-state index is -0.292. The molecule has 1 heterocycles. The second-order valence-corrected chi connectivity index (χ2v) is 5.53. The number of hydrogen-bond acceptors (Lipinski definition) is 4. The number of fused-ring (bicyclic) bond motifs is 1. The Bertz CT molecular complexity index is 696. The molecule has 6 nitrogen and oxygen atoms in total. The Morgan fingerprint density at radius 2 is 2.09 bits per heavy atom. The maximum absolute atomic E-state index is 12.2. The molecule has 1 N–H and O–H groups in total. The highest BCUT2D eigenvalue weighted by molar-refractivity contribution is 5.78. The fourth-order valence-electron chi connectivity index (χ4n) is 2.36. The quantitative estimate of drug-likeness (QED) is 0.792. The van der Waals surface area contributed by atoms with Crippen LogP contribution in [0.15, 0.2) is 29.1 Å². The van der Waals surface area contributed by atoms with E-state index in [-0.39, 0.29) is 24.1 Å². The Kier molecular flexibility index (Phi) is 5.63. The SMILES string of the molecule is CCCCC[C@H](C)NC(=O)Cn1nnc2ccccc2c1=O. The minimum absolute atomic E-state index is 0.100. The van der Waals surface area contributed by atoms with Crippen LogP contribution in [0.5, 0.6) is 0 Å². The molecule has 2 aromatic rings. The van der Waals surface area contributed by atoms with Gasteiger partial charge in [-0.05, 0) is 25.5 Å². The van der Waals surface area contributed by atoms with E-state index in [1.165, 1.54) is 0 Å². The maximum atomic E-state index is 12.2. The molecular formula is C16H22N4O2.